The lowest BCUT2D eigenvalue weighted by Crippen LogP contribution is -1.98. The van der Waals surface area contributed by atoms with Gasteiger partial charge in [0.15, 0.2) is 0 Å². The van der Waals surface area contributed by atoms with Crippen LogP contribution in [0.25, 0.3) is 27.6 Å². The number of pyridine rings is 2. The van der Waals surface area contributed by atoms with Gasteiger partial charge in [-0.25, -0.2) is 4.98 Å². The third-order valence-electron chi connectivity index (χ3n) is 5.40. The molecule has 31 heavy (non-hydrogen) atoms. The van der Waals surface area contributed by atoms with E-state index in [1.54, 1.807) is 12.4 Å². The number of nitrogens with zero attached hydrogens (tertiary/aromatic N) is 4. The summed E-state index contributed by atoms with van der Waals surface area (Å²) in [6.07, 6.45) is 7.62. The lowest BCUT2D eigenvalue weighted by molar-refractivity contribution is 0.918. The first-order chi connectivity index (χ1) is 15.2. The second-order valence-electron chi connectivity index (χ2n) is 7.63. The van der Waals surface area contributed by atoms with Gasteiger partial charge in [0.2, 0.25) is 0 Å². The first-order valence-electron chi connectivity index (χ1n) is 10.5. The minimum Gasteiger partial charge on any atom is -0.296 e. The Labute approximate surface area is 181 Å². The summed E-state index contributed by atoms with van der Waals surface area (Å²) >= 11 is 0. The molecular weight excluding hydrogens is 380 g/mol. The number of benzene rings is 2. The summed E-state index contributed by atoms with van der Waals surface area (Å²) in [5.41, 5.74) is 7.19. The maximum atomic E-state index is 4.78. The van der Waals surface area contributed by atoms with Gasteiger partial charge in [-0.3, -0.25) is 14.5 Å². The normalized spacial score (nSPS) is 10.9. The van der Waals surface area contributed by atoms with Gasteiger partial charge in [-0.2, -0.15) is 0 Å². The first-order valence-corrected chi connectivity index (χ1v) is 10.5. The van der Waals surface area contributed by atoms with Crippen LogP contribution in [0.3, 0.4) is 0 Å². The van der Waals surface area contributed by atoms with Crippen LogP contribution < -0.4 is 0 Å². The van der Waals surface area contributed by atoms with Crippen LogP contribution in [0.5, 0.6) is 0 Å². The van der Waals surface area contributed by atoms with Crippen LogP contribution in [0.4, 0.5) is 0 Å². The van der Waals surface area contributed by atoms with E-state index in [4.69, 9.17) is 4.98 Å². The van der Waals surface area contributed by atoms with E-state index in [0.29, 0.717) is 0 Å². The lowest BCUT2D eigenvalue weighted by Gasteiger charge is -2.10. The zero-order valence-electron chi connectivity index (χ0n) is 17.6. The molecule has 0 atom stereocenters. The summed E-state index contributed by atoms with van der Waals surface area (Å²) < 4.78 is 2.22. The molecule has 0 spiro atoms. The molecule has 3 heterocycles. The third-order valence-corrected chi connectivity index (χ3v) is 5.40. The third kappa shape index (κ3) is 3.67. The number of fused-ring (bicyclic) bond motifs is 3. The van der Waals surface area contributed by atoms with E-state index in [1.807, 2.05) is 37.4 Å². The zero-order valence-corrected chi connectivity index (χ0v) is 17.6. The largest absolute Gasteiger partial charge is 0.296 e. The van der Waals surface area contributed by atoms with E-state index >= 15 is 0 Å². The molecule has 5 aromatic rings. The van der Waals surface area contributed by atoms with Gasteiger partial charge in [0, 0.05) is 34.6 Å². The van der Waals surface area contributed by atoms with E-state index in [1.165, 1.54) is 5.56 Å². The van der Waals surface area contributed by atoms with Gasteiger partial charge in [0.1, 0.15) is 11.3 Å². The number of aryl methyl sites for hydroxylation is 2. The molecule has 3 aromatic heterocycles. The fourth-order valence-corrected chi connectivity index (χ4v) is 3.95. The molecule has 0 saturated carbocycles. The Hall–Kier alpha value is -3.97. The fraction of sp³-hybridized carbons (Fsp3) is 0.148. The molecule has 4 nitrogen and oxygen atoms in total. The Kier molecular flexibility index (Phi) is 4.93. The van der Waals surface area contributed by atoms with Crippen molar-refractivity contribution in [2.45, 2.75) is 26.7 Å². The summed E-state index contributed by atoms with van der Waals surface area (Å²) in [6, 6.07) is 18.8. The topological polar surface area (TPSA) is 43.6 Å². The fourth-order valence-electron chi connectivity index (χ4n) is 3.95. The van der Waals surface area contributed by atoms with Gasteiger partial charge in [-0.15, -0.1) is 0 Å². The quantitative estimate of drug-likeness (QED) is 0.367. The van der Waals surface area contributed by atoms with Crippen molar-refractivity contribution in [2.24, 2.45) is 0 Å². The zero-order chi connectivity index (χ0) is 21.2. The predicted octanol–water partition coefficient (Wildman–Crippen LogP) is 5.63. The molecule has 5 rings (SSSR count). The highest BCUT2D eigenvalue weighted by Gasteiger charge is 2.13. The number of aromatic nitrogens is 4. The second-order valence-corrected chi connectivity index (χ2v) is 7.63. The van der Waals surface area contributed by atoms with Gasteiger partial charge in [-0.1, -0.05) is 37.3 Å². The highest BCUT2D eigenvalue weighted by Crippen LogP contribution is 2.28. The lowest BCUT2D eigenvalue weighted by atomic mass is 10.1. The minimum atomic E-state index is 0.889. The monoisotopic (exact) mass is 402 g/mol. The van der Waals surface area contributed by atoms with Crippen LogP contribution >= 0.6 is 0 Å². The number of hydrogen-bond acceptors (Lipinski definition) is 3. The molecule has 0 amide bonds. The van der Waals surface area contributed by atoms with Crippen LogP contribution in [0, 0.1) is 18.8 Å². The maximum Gasteiger partial charge on any atom is 0.111 e. The van der Waals surface area contributed by atoms with E-state index in [9.17, 15) is 0 Å². The number of imidazole rings is 1. The molecule has 0 unspecified atom stereocenters. The summed E-state index contributed by atoms with van der Waals surface area (Å²) in [5.74, 6) is 7.39. The molecule has 0 fully saturated rings. The highest BCUT2D eigenvalue weighted by molar-refractivity contribution is 6.03. The average molecular weight is 403 g/mol. The van der Waals surface area contributed by atoms with Gasteiger partial charge in [0.25, 0.3) is 0 Å². The molecule has 0 aliphatic rings. The van der Waals surface area contributed by atoms with Gasteiger partial charge >= 0.3 is 0 Å². The molecule has 0 saturated heterocycles. The molecule has 0 aliphatic carbocycles. The van der Waals surface area contributed by atoms with Crippen LogP contribution in [-0.4, -0.2) is 19.5 Å². The van der Waals surface area contributed by atoms with Crippen molar-refractivity contribution < 1.29 is 0 Å². The van der Waals surface area contributed by atoms with Gasteiger partial charge in [-0.05, 0) is 61.4 Å². The Morgan fingerprint density at radius 2 is 1.74 bits per heavy atom. The molecule has 0 N–H and O–H groups in total. The predicted molar refractivity (Wildman–Crippen MR) is 125 cm³/mol. The molecule has 150 valence electrons. The number of hydrogen-bond donors (Lipinski definition) is 0. The van der Waals surface area contributed by atoms with E-state index in [2.05, 4.69) is 63.6 Å². The Bertz CT molecular complexity index is 1440. The van der Waals surface area contributed by atoms with Crippen molar-refractivity contribution in [1.82, 2.24) is 19.5 Å². The maximum absolute atomic E-state index is 4.78. The van der Waals surface area contributed by atoms with Crippen molar-refractivity contribution in [2.75, 3.05) is 0 Å². The van der Waals surface area contributed by atoms with Crippen molar-refractivity contribution in [3.05, 3.63) is 95.7 Å². The summed E-state index contributed by atoms with van der Waals surface area (Å²) in [4.78, 5) is 13.5. The van der Waals surface area contributed by atoms with Crippen LogP contribution in [0.2, 0.25) is 0 Å². The molecule has 0 aliphatic heterocycles. The van der Waals surface area contributed by atoms with Crippen molar-refractivity contribution in [3.63, 3.8) is 0 Å². The Balaban J connectivity index is 1.67. The Morgan fingerprint density at radius 1 is 0.903 bits per heavy atom. The summed E-state index contributed by atoms with van der Waals surface area (Å²) in [6.45, 7) is 4.24. The first kappa shape index (κ1) is 19.0. The average Bonchev–Trinajstić information content (AvgIpc) is 3.15. The standard InChI is InChI=1S/C27H22N4/c1-3-5-20-9-12-23(13-10-20)31-19(2)30-26-18-29-25-14-11-21(16-24(25)27(26)31)7-8-22-6-4-15-28-17-22/h4,6,9-18H,3,5H2,1-2H3. The summed E-state index contributed by atoms with van der Waals surface area (Å²) in [5, 5.41) is 1.05. The SMILES string of the molecule is CCCc1ccc(-n2c(C)nc3cnc4ccc(C#Cc5cccnc5)cc4c32)cc1. The molecular formula is C27H22N4. The van der Waals surface area contributed by atoms with Crippen LogP contribution in [0.15, 0.2) is 73.2 Å². The van der Waals surface area contributed by atoms with E-state index in [-0.39, 0.29) is 0 Å². The van der Waals surface area contributed by atoms with Gasteiger partial charge in [0.05, 0.1) is 17.2 Å². The Morgan fingerprint density at radius 3 is 2.52 bits per heavy atom. The van der Waals surface area contributed by atoms with Crippen molar-refractivity contribution in [1.29, 1.82) is 0 Å². The molecule has 4 heteroatoms. The highest BCUT2D eigenvalue weighted by atomic mass is 15.1. The van der Waals surface area contributed by atoms with Crippen LogP contribution in [0.1, 0.15) is 35.9 Å². The molecule has 0 radical (unpaired) electrons. The minimum absolute atomic E-state index is 0.889. The summed E-state index contributed by atoms with van der Waals surface area (Å²) in [7, 11) is 0. The molecule has 0 bridgehead atoms. The van der Waals surface area contributed by atoms with E-state index in [0.717, 1.165) is 57.4 Å². The second kappa shape index (κ2) is 8.04. The van der Waals surface area contributed by atoms with Crippen LogP contribution in [-0.2, 0) is 6.42 Å². The van der Waals surface area contributed by atoms with E-state index < -0.39 is 0 Å². The van der Waals surface area contributed by atoms with Crippen molar-refractivity contribution in [3.8, 4) is 17.5 Å². The smallest absolute Gasteiger partial charge is 0.111 e. The molecule has 2 aromatic carbocycles. The number of rotatable bonds is 3. The van der Waals surface area contributed by atoms with Gasteiger partial charge < -0.3 is 0 Å². The van der Waals surface area contributed by atoms with Crippen molar-refractivity contribution >= 4 is 21.9 Å².